The Bertz CT molecular complexity index is 786. The van der Waals surface area contributed by atoms with Gasteiger partial charge in [0, 0.05) is 5.69 Å². The molecule has 1 aromatic heterocycles. The number of para-hydroxylation sites is 2. The lowest BCUT2D eigenvalue weighted by Gasteiger charge is -2.11. The van der Waals surface area contributed by atoms with Crippen LogP contribution in [0, 0.1) is 12.7 Å². The third-order valence-corrected chi connectivity index (χ3v) is 3.04. The van der Waals surface area contributed by atoms with Gasteiger partial charge in [-0.05, 0) is 42.8 Å². The van der Waals surface area contributed by atoms with Crippen LogP contribution < -0.4 is 11.1 Å². The van der Waals surface area contributed by atoms with Crippen molar-refractivity contribution in [3.05, 3.63) is 53.8 Å². The van der Waals surface area contributed by atoms with E-state index in [0.29, 0.717) is 11.6 Å². The summed E-state index contributed by atoms with van der Waals surface area (Å²) in [5.41, 5.74) is 8.93. The highest BCUT2D eigenvalue weighted by Gasteiger charge is 2.07. The first-order valence-electron chi connectivity index (χ1n) is 6.19. The van der Waals surface area contributed by atoms with Crippen molar-refractivity contribution in [3.8, 4) is 0 Å². The SMILES string of the molecule is Cc1cc(F)ccc1Nc1nc2ccccc2nc1N. The van der Waals surface area contributed by atoms with Crippen molar-refractivity contribution in [2.24, 2.45) is 0 Å². The van der Waals surface area contributed by atoms with E-state index in [1.165, 1.54) is 12.1 Å². The van der Waals surface area contributed by atoms with Gasteiger partial charge >= 0.3 is 0 Å². The molecule has 0 spiro atoms. The van der Waals surface area contributed by atoms with E-state index >= 15 is 0 Å². The molecular formula is C15H13FN4. The standard InChI is InChI=1S/C15H13FN4/c1-9-8-10(16)6-7-11(9)19-15-14(17)18-12-4-2-3-5-13(12)20-15/h2-8H,1H3,(H2,17,18)(H,19,20). The molecule has 3 N–H and O–H groups in total. The van der Waals surface area contributed by atoms with Gasteiger partial charge in [-0.15, -0.1) is 0 Å². The second-order valence-corrected chi connectivity index (χ2v) is 4.53. The molecule has 4 nitrogen and oxygen atoms in total. The average Bonchev–Trinajstić information content (AvgIpc) is 2.42. The maximum absolute atomic E-state index is 13.1. The number of nitrogens with two attached hydrogens (primary N) is 1. The monoisotopic (exact) mass is 268 g/mol. The average molecular weight is 268 g/mol. The minimum absolute atomic E-state index is 0.273. The first-order valence-corrected chi connectivity index (χ1v) is 6.19. The van der Waals surface area contributed by atoms with Gasteiger partial charge in [0.25, 0.3) is 0 Å². The molecule has 0 radical (unpaired) electrons. The summed E-state index contributed by atoms with van der Waals surface area (Å²) >= 11 is 0. The molecule has 100 valence electrons. The Balaban J connectivity index is 2.03. The van der Waals surface area contributed by atoms with Crippen molar-refractivity contribution in [1.29, 1.82) is 0 Å². The summed E-state index contributed by atoms with van der Waals surface area (Å²) in [5, 5.41) is 3.09. The van der Waals surface area contributed by atoms with Gasteiger partial charge in [-0.25, -0.2) is 14.4 Å². The highest BCUT2D eigenvalue weighted by atomic mass is 19.1. The fourth-order valence-electron chi connectivity index (χ4n) is 2.00. The van der Waals surface area contributed by atoms with Gasteiger partial charge in [-0.2, -0.15) is 0 Å². The molecule has 2 aromatic carbocycles. The summed E-state index contributed by atoms with van der Waals surface area (Å²) in [5.74, 6) is 0.511. The summed E-state index contributed by atoms with van der Waals surface area (Å²) in [6.07, 6.45) is 0. The number of anilines is 3. The van der Waals surface area contributed by atoms with Gasteiger partial charge < -0.3 is 11.1 Å². The Kier molecular flexibility index (Phi) is 2.95. The van der Waals surface area contributed by atoms with Gasteiger partial charge in [-0.1, -0.05) is 12.1 Å². The lowest BCUT2D eigenvalue weighted by Crippen LogP contribution is -2.03. The number of fused-ring (bicyclic) bond motifs is 1. The molecule has 3 aromatic rings. The highest BCUT2D eigenvalue weighted by Crippen LogP contribution is 2.24. The normalized spacial score (nSPS) is 10.7. The fourth-order valence-corrected chi connectivity index (χ4v) is 2.00. The van der Waals surface area contributed by atoms with Crippen LogP contribution in [0.4, 0.5) is 21.7 Å². The summed E-state index contributed by atoms with van der Waals surface area (Å²) in [4.78, 5) is 8.74. The van der Waals surface area contributed by atoms with Crippen molar-refractivity contribution in [2.75, 3.05) is 11.1 Å². The zero-order chi connectivity index (χ0) is 14.1. The molecule has 0 aliphatic rings. The molecule has 0 bridgehead atoms. The number of hydrogen-bond donors (Lipinski definition) is 2. The van der Waals surface area contributed by atoms with Gasteiger partial charge in [-0.3, -0.25) is 0 Å². The molecule has 0 amide bonds. The van der Waals surface area contributed by atoms with Crippen molar-refractivity contribution < 1.29 is 4.39 Å². The summed E-state index contributed by atoms with van der Waals surface area (Å²) < 4.78 is 13.1. The Morgan fingerprint density at radius 2 is 1.75 bits per heavy atom. The molecule has 20 heavy (non-hydrogen) atoms. The number of rotatable bonds is 2. The Morgan fingerprint density at radius 3 is 2.45 bits per heavy atom. The van der Waals surface area contributed by atoms with Gasteiger partial charge in [0.2, 0.25) is 0 Å². The van der Waals surface area contributed by atoms with Gasteiger partial charge in [0.1, 0.15) is 5.82 Å². The van der Waals surface area contributed by atoms with E-state index < -0.39 is 0 Å². The molecule has 0 saturated carbocycles. The largest absolute Gasteiger partial charge is 0.381 e. The van der Waals surface area contributed by atoms with E-state index in [2.05, 4.69) is 15.3 Å². The van der Waals surface area contributed by atoms with Gasteiger partial charge in [0.15, 0.2) is 11.6 Å². The van der Waals surface area contributed by atoms with Crippen LogP contribution in [0.2, 0.25) is 0 Å². The molecule has 0 atom stereocenters. The molecule has 0 aliphatic carbocycles. The quantitative estimate of drug-likeness (QED) is 0.747. The molecule has 0 unspecified atom stereocenters. The Hall–Kier alpha value is -2.69. The summed E-state index contributed by atoms with van der Waals surface area (Å²) in [6.45, 7) is 1.82. The van der Waals surface area contributed by atoms with E-state index in [1.807, 2.05) is 31.2 Å². The van der Waals surface area contributed by atoms with Crippen molar-refractivity contribution in [2.45, 2.75) is 6.92 Å². The zero-order valence-electron chi connectivity index (χ0n) is 10.9. The number of hydrogen-bond acceptors (Lipinski definition) is 4. The maximum atomic E-state index is 13.1. The smallest absolute Gasteiger partial charge is 0.174 e. The van der Waals surface area contributed by atoms with Crippen LogP contribution >= 0.6 is 0 Å². The van der Waals surface area contributed by atoms with Crippen LogP contribution in [0.3, 0.4) is 0 Å². The first kappa shape index (κ1) is 12.3. The highest BCUT2D eigenvalue weighted by molar-refractivity contribution is 5.81. The number of aromatic nitrogens is 2. The number of halogens is 1. The van der Waals surface area contributed by atoms with Crippen LogP contribution in [-0.2, 0) is 0 Å². The van der Waals surface area contributed by atoms with E-state index in [1.54, 1.807) is 6.07 Å². The number of nitrogen functional groups attached to an aromatic ring is 1. The van der Waals surface area contributed by atoms with Crippen LogP contribution in [-0.4, -0.2) is 9.97 Å². The number of aryl methyl sites for hydroxylation is 1. The lowest BCUT2D eigenvalue weighted by atomic mass is 10.2. The molecule has 1 heterocycles. The van der Waals surface area contributed by atoms with Crippen LogP contribution in [0.5, 0.6) is 0 Å². The Labute approximate surface area is 115 Å². The summed E-state index contributed by atoms with van der Waals surface area (Å²) in [6, 6.07) is 12.0. The van der Waals surface area contributed by atoms with E-state index in [-0.39, 0.29) is 5.82 Å². The third kappa shape index (κ3) is 2.25. The van der Waals surface area contributed by atoms with Crippen molar-refractivity contribution >= 4 is 28.4 Å². The molecule has 3 rings (SSSR count). The predicted molar refractivity (Wildman–Crippen MR) is 78.4 cm³/mol. The van der Waals surface area contributed by atoms with Crippen LogP contribution in [0.15, 0.2) is 42.5 Å². The zero-order valence-corrected chi connectivity index (χ0v) is 10.9. The van der Waals surface area contributed by atoms with E-state index in [4.69, 9.17) is 5.73 Å². The fraction of sp³-hybridized carbons (Fsp3) is 0.0667. The second kappa shape index (κ2) is 4.77. The Morgan fingerprint density at radius 1 is 1.05 bits per heavy atom. The second-order valence-electron chi connectivity index (χ2n) is 4.53. The van der Waals surface area contributed by atoms with E-state index in [9.17, 15) is 4.39 Å². The predicted octanol–water partition coefficient (Wildman–Crippen LogP) is 3.40. The number of nitrogens with zero attached hydrogens (tertiary/aromatic N) is 2. The molecule has 0 fully saturated rings. The lowest BCUT2D eigenvalue weighted by molar-refractivity contribution is 0.627. The molecule has 5 heteroatoms. The maximum Gasteiger partial charge on any atom is 0.174 e. The topological polar surface area (TPSA) is 63.8 Å². The number of benzene rings is 2. The molecule has 0 saturated heterocycles. The molecular weight excluding hydrogens is 255 g/mol. The first-order chi connectivity index (χ1) is 9.63. The third-order valence-electron chi connectivity index (χ3n) is 3.04. The minimum atomic E-state index is -0.273. The number of nitrogens with one attached hydrogen (secondary N) is 1. The van der Waals surface area contributed by atoms with Crippen LogP contribution in [0.1, 0.15) is 5.56 Å². The van der Waals surface area contributed by atoms with Gasteiger partial charge in [0.05, 0.1) is 11.0 Å². The van der Waals surface area contributed by atoms with Crippen molar-refractivity contribution in [1.82, 2.24) is 9.97 Å². The van der Waals surface area contributed by atoms with E-state index in [0.717, 1.165) is 22.3 Å². The van der Waals surface area contributed by atoms with Crippen LogP contribution in [0.25, 0.3) is 11.0 Å². The van der Waals surface area contributed by atoms with Crippen molar-refractivity contribution in [3.63, 3.8) is 0 Å². The molecule has 0 aliphatic heterocycles. The minimum Gasteiger partial charge on any atom is -0.381 e. The summed E-state index contributed by atoms with van der Waals surface area (Å²) in [7, 11) is 0.